The van der Waals surface area contributed by atoms with Crippen LogP contribution < -0.4 is 19.3 Å². The highest BCUT2D eigenvalue weighted by Gasteiger charge is 2.22. The number of rotatable bonds is 15. The number of esters is 4. The molecule has 0 bridgehead atoms. The van der Waals surface area contributed by atoms with Crippen molar-refractivity contribution in [2.24, 2.45) is 0 Å². The molecule has 0 saturated heterocycles. The predicted molar refractivity (Wildman–Crippen MR) is 146 cm³/mol. The van der Waals surface area contributed by atoms with Crippen molar-refractivity contribution in [3.8, 4) is 11.5 Å². The Labute approximate surface area is 233 Å². The highest BCUT2D eigenvalue weighted by atomic mass is 16.5. The van der Waals surface area contributed by atoms with Gasteiger partial charge in [-0.2, -0.15) is 0 Å². The molecule has 0 atom stereocenters. The summed E-state index contributed by atoms with van der Waals surface area (Å²) in [6.07, 6.45) is 0. The van der Waals surface area contributed by atoms with Crippen molar-refractivity contribution in [2.45, 2.75) is 13.8 Å². The third kappa shape index (κ3) is 9.68. The lowest BCUT2D eigenvalue weighted by atomic mass is 10.2. The Bertz CT molecular complexity index is 1150. The summed E-state index contributed by atoms with van der Waals surface area (Å²) in [6.45, 7) is 3.20. The molecule has 0 aliphatic carbocycles. The molecule has 0 aromatic heterocycles. The molecule has 0 radical (unpaired) electrons. The lowest BCUT2D eigenvalue weighted by Crippen LogP contribution is -2.36. The number of hydrogen-bond donors (Lipinski definition) is 0. The van der Waals surface area contributed by atoms with E-state index in [2.05, 4.69) is 0 Å². The lowest BCUT2D eigenvalue weighted by molar-refractivity contribution is -0.141. The molecule has 0 fully saturated rings. The van der Waals surface area contributed by atoms with E-state index in [1.54, 1.807) is 24.3 Å². The van der Waals surface area contributed by atoms with Crippen molar-refractivity contribution < 1.29 is 47.6 Å². The van der Waals surface area contributed by atoms with Gasteiger partial charge in [0.2, 0.25) is 0 Å². The molecule has 0 N–H and O–H groups in total. The van der Waals surface area contributed by atoms with Crippen LogP contribution in [0, 0.1) is 13.8 Å². The molecule has 40 heavy (non-hydrogen) atoms. The number of carbonyl (C=O) groups excluding carboxylic acids is 4. The van der Waals surface area contributed by atoms with Crippen LogP contribution in [0.15, 0.2) is 36.4 Å². The first-order chi connectivity index (χ1) is 19.1. The Morgan fingerprint density at radius 1 is 0.550 bits per heavy atom. The molecule has 0 aliphatic heterocycles. The van der Waals surface area contributed by atoms with Crippen LogP contribution in [0.4, 0.5) is 11.4 Å². The first-order valence-corrected chi connectivity index (χ1v) is 12.4. The van der Waals surface area contributed by atoms with E-state index in [4.69, 9.17) is 28.4 Å². The van der Waals surface area contributed by atoms with Gasteiger partial charge in [-0.3, -0.25) is 19.2 Å². The number of carbonyl (C=O) groups is 4. The molecule has 0 heterocycles. The van der Waals surface area contributed by atoms with Crippen LogP contribution in [0.2, 0.25) is 0 Å². The summed E-state index contributed by atoms with van der Waals surface area (Å²) in [6, 6.07) is 10.7. The largest absolute Gasteiger partial charge is 0.488 e. The van der Waals surface area contributed by atoms with Gasteiger partial charge in [-0.15, -0.1) is 0 Å². The highest BCUT2D eigenvalue weighted by Crippen LogP contribution is 2.31. The van der Waals surface area contributed by atoms with E-state index in [1.165, 1.54) is 38.2 Å². The van der Waals surface area contributed by atoms with Gasteiger partial charge in [0.25, 0.3) is 0 Å². The average Bonchev–Trinajstić information content (AvgIpc) is 2.94. The molecule has 2 aromatic rings. The van der Waals surface area contributed by atoms with Crippen LogP contribution in [-0.4, -0.2) is 91.7 Å². The number of ether oxygens (including phenoxy) is 6. The molecule has 12 heteroatoms. The Morgan fingerprint density at radius 3 is 1.43 bits per heavy atom. The monoisotopic (exact) mass is 560 g/mol. The van der Waals surface area contributed by atoms with E-state index in [0.717, 1.165) is 11.1 Å². The van der Waals surface area contributed by atoms with Gasteiger partial charge < -0.3 is 38.2 Å². The van der Waals surface area contributed by atoms with Gasteiger partial charge in [0, 0.05) is 0 Å². The fourth-order valence-corrected chi connectivity index (χ4v) is 3.63. The van der Waals surface area contributed by atoms with Crippen LogP contribution in [0.5, 0.6) is 11.5 Å². The third-order valence-electron chi connectivity index (χ3n) is 5.70. The number of benzene rings is 2. The molecule has 2 aromatic carbocycles. The van der Waals surface area contributed by atoms with Crippen molar-refractivity contribution in [2.75, 3.05) is 77.6 Å². The molecule has 218 valence electrons. The van der Waals surface area contributed by atoms with Crippen molar-refractivity contribution in [1.82, 2.24) is 0 Å². The Morgan fingerprint density at radius 2 is 0.950 bits per heavy atom. The molecule has 2 rings (SSSR count). The number of nitrogens with zero attached hydrogens (tertiary/aromatic N) is 2. The minimum Gasteiger partial charge on any atom is -0.488 e. The van der Waals surface area contributed by atoms with Gasteiger partial charge in [0.1, 0.15) is 50.9 Å². The SMILES string of the molecule is COC(=O)CN(CC(=O)OC)c1ccc(C)cc1OCCOc1ccc(C)cc1N(CC(=O)OC)CC(=O)OC. The summed E-state index contributed by atoms with van der Waals surface area (Å²) >= 11 is 0. The zero-order valence-corrected chi connectivity index (χ0v) is 23.7. The quantitative estimate of drug-likeness (QED) is 0.180. The number of anilines is 2. The maximum absolute atomic E-state index is 12.0. The first-order valence-electron chi connectivity index (χ1n) is 12.4. The number of methoxy groups -OCH3 is 4. The molecule has 0 aliphatic rings. The summed E-state index contributed by atoms with van der Waals surface area (Å²) in [5, 5.41) is 0. The molecule has 0 saturated carbocycles. The molecule has 0 unspecified atom stereocenters. The van der Waals surface area contributed by atoms with E-state index in [-0.39, 0.29) is 39.4 Å². The van der Waals surface area contributed by atoms with E-state index in [0.29, 0.717) is 22.9 Å². The van der Waals surface area contributed by atoms with E-state index >= 15 is 0 Å². The Balaban J connectivity index is 2.23. The zero-order chi connectivity index (χ0) is 29.7. The van der Waals surface area contributed by atoms with Gasteiger partial charge in [-0.1, -0.05) is 12.1 Å². The maximum Gasteiger partial charge on any atom is 0.325 e. The Kier molecular flexibility index (Phi) is 12.5. The minimum absolute atomic E-state index is 0.0989. The zero-order valence-electron chi connectivity index (χ0n) is 23.7. The smallest absolute Gasteiger partial charge is 0.325 e. The maximum atomic E-state index is 12.0. The fraction of sp³-hybridized carbons (Fsp3) is 0.429. The van der Waals surface area contributed by atoms with E-state index < -0.39 is 23.9 Å². The lowest BCUT2D eigenvalue weighted by Gasteiger charge is -2.26. The van der Waals surface area contributed by atoms with Crippen LogP contribution in [-0.2, 0) is 38.1 Å². The predicted octanol–water partition coefficient (Wildman–Crippen LogP) is 2.07. The van der Waals surface area contributed by atoms with Crippen molar-refractivity contribution in [3.63, 3.8) is 0 Å². The summed E-state index contributed by atoms with van der Waals surface area (Å²) in [7, 11) is 5.06. The molecule has 0 spiro atoms. The van der Waals surface area contributed by atoms with Crippen LogP contribution in [0.25, 0.3) is 0 Å². The highest BCUT2D eigenvalue weighted by molar-refractivity contribution is 5.83. The number of aryl methyl sites for hydroxylation is 2. The summed E-state index contributed by atoms with van der Waals surface area (Å²) in [5.41, 5.74) is 2.80. The minimum atomic E-state index is -0.533. The number of hydrogen-bond acceptors (Lipinski definition) is 12. The third-order valence-corrected chi connectivity index (χ3v) is 5.70. The van der Waals surface area contributed by atoms with Crippen LogP contribution in [0.3, 0.4) is 0 Å². The standard InChI is InChI=1S/C28H36N2O10/c1-19-8-10-23(22(13-19)30(17-27(33)37-5)18-28(34)38-6)39-11-12-40-24-14-20(2)7-9-21(24)29(15-25(31)35-3)16-26(32)36-4/h7-10,13-14H,11-12,15-18H2,1-6H3. The van der Waals surface area contributed by atoms with Crippen LogP contribution in [0.1, 0.15) is 11.1 Å². The van der Waals surface area contributed by atoms with Crippen molar-refractivity contribution in [1.29, 1.82) is 0 Å². The van der Waals surface area contributed by atoms with Gasteiger partial charge in [-0.25, -0.2) is 0 Å². The molecule has 0 amide bonds. The van der Waals surface area contributed by atoms with Gasteiger partial charge in [-0.05, 0) is 49.2 Å². The average molecular weight is 561 g/mol. The second kappa shape index (κ2) is 15.8. The van der Waals surface area contributed by atoms with Crippen LogP contribution >= 0.6 is 0 Å². The summed E-state index contributed by atoms with van der Waals surface area (Å²) in [5.74, 6) is -1.28. The molecular formula is C28H36N2O10. The second-order valence-electron chi connectivity index (χ2n) is 8.66. The van der Waals surface area contributed by atoms with Crippen molar-refractivity contribution >= 4 is 35.3 Å². The van der Waals surface area contributed by atoms with Gasteiger partial charge in [0.05, 0.1) is 39.8 Å². The van der Waals surface area contributed by atoms with Gasteiger partial charge in [0.15, 0.2) is 0 Å². The summed E-state index contributed by atoms with van der Waals surface area (Å²) < 4.78 is 31.1. The second-order valence-corrected chi connectivity index (χ2v) is 8.66. The Hall–Kier alpha value is -4.48. The topological polar surface area (TPSA) is 130 Å². The summed E-state index contributed by atoms with van der Waals surface area (Å²) in [4.78, 5) is 51.1. The molecule has 12 nitrogen and oxygen atoms in total. The van der Waals surface area contributed by atoms with Gasteiger partial charge >= 0.3 is 23.9 Å². The first kappa shape index (κ1) is 31.7. The normalized spacial score (nSPS) is 10.2. The van der Waals surface area contributed by atoms with E-state index in [9.17, 15) is 19.2 Å². The van der Waals surface area contributed by atoms with E-state index in [1.807, 2.05) is 26.0 Å². The molecular weight excluding hydrogens is 524 g/mol. The van der Waals surface area contributed by atoms with Crippen molar-refractivity contribution in [3.05, 3.63) is 47.5 Å². The fourth-order valence-electron chi connectivity index (χ4n) is 3.63.